The number of fused-ring (bicyclic) bond motifs is 1. The van der Waals surface area contributed by atoms with Crippen molar-refractivity contribution in [2.45, 2.75) is 18.7 Å². The molecule has 4 rings (SSSR count). The highest BCUT2D eigenvalue weighted by atomic mass is 32.2. The van der Waals surface area contributed by atoms with Crippen molar-refractivity contribution in [1.82, 2.24) is 4.98 Å². The highest BCUT2D eigenvalue weighted by molar-refractivity contribution is 7.93. The average molecular weight is 456 g/mol. The Morgan fingerprint density at radius 1 is 1.23 bits per heavy atom. The van der Waals surface area contributed by atoms with Gasteiger partial charge in [0.15, 0.2) is 11.7 Å². The average Bonchev–Trinajstić information content (AvgIpc) is 3.19. The van der Waals surface area contributed by atoms with E-state index in [2.05, 4.69) is 16.3 Å². The summed E-state index contributed by atoms with van der Waals surface area (Å²) < 4.78 is 33.5. The standard InChI is InChI=1S/C22H21N3O4S2/c1-4-9-25-19-11-16(6-8-20(19)29-12-21(25)26)18-13-30-22(23-18)24-31(27,28)17-7-5-14(2)15(3)10-17/h4-8,10-11,13H,1,9,12H2,2-3H3,(H,23,24). The molecule has 2 heterocycles. The van der Waals surface area contributed by atoms with Gasteiger partial charge in [0.25, 0.3) is 15.9 Å². The van der Waals surface area contributed by atoms with Crippen LogP contribution in [0.2, 0.25) is 0 Å². The summed E-state index contributed by atoms with van der Waals surface area (Å²) in [6, 6.07) is 10.4. The smallest absolute Gasteiger partial charge is 0.265 e. The molecule has 0 aliphatic carbocycles. The maximum Gasteiger partial charge on any atom is 0.265 e. The van der Waals surface area contributed by atoms with Gasteiger partial charge in [0, 0.05) is 17.5 Å². The molecule has 1 aliphatic rings. The number of thiazole rings is 1. The van der Waals surface area contributed by atoms with Crippen LogP contribution in [0.5, 0.6) is 5.75 Å². The van der Waals surface area contributed by atoms with E-state index in [1.165, 1.54) is 11.3 Å². The molecule has 160 valence electrons. The number of amides is 1. The molecule has 0 saturated carbocycles. The number of carbonyl (C=O) groups is 1. The number of benzene rings is 2. The third-order valence-electron chi connectivity index (χ3n) is 5.02. The Kier molecular flexibility index (Phi) is 5.55. The molecule has 0 bridgehead atoms. The van der Waals surface area contributed by atoms with Crippen LogP contribution in [0.1, 0.15) is 11.1 Å². The van der Waals surface area contributed by atoms with Gasteiger partial charge in [0.05, 0.1) is 16.3 Å². The summed E-state index contributed by atoms with van der Waals surface area (Å²) in [6.45, 7) is 7.87. The fraction of sp³-hybridized carbons (Fsp3) is 0.182. The number of sulfonamides is 1. The van der Waals surface area contributed by atoms with Gasteiger partial charge in [0.1, 0.15) is 5.75 Å². The van der Waals surface area contributed by atoms with E-state index < -0.39 is 10.0 Å². The molecule has 3 aromatic rings. The number of carbonyl (C=O) groups excluding carboxylic acids is 1. The second kappa shape index (κ2) is 8.16. The molecule has 0 radical (unpaired) electrons. The van der Waals surface area contributed by atoms with Crippen LogP contribution in [0, 0.1) is 13.8 Å². The Labute approximate surface area is 185 Å². The zero-order valence-corrected chi connectivity index (χ0v) is 18.7. The summed E-state index contributed by atoms with van der Waals surface area (Å²) in [5, 5.41) is 2.03. The summed E-state index contributed by atoms with van der Waals surface area (Å²) in [5.41, 5.74) is 3.91. The van der Waals surface area contributed by atoms with E-state index in [1.54, 1.807) is 40.6 Å². The van der Waals surface area contributed by atoms with E-state index in [1.807, 2.05) is 26.0 Å². The van der Waals surface area contributed by atoms with E-state index in [4.69, 9.17) is 4.74 Å². The van der Waals surface area contributed by atoms with Crippen molar-refractivity contribution in [3.05, 3.63) is 65.6 Å². The maximum absolute atomic E-state index is 12.7. The Morgan fingerprint density at radius 2 is 2.03 bits per heavy atom. The molecule has 0 spiro atoms. The highest BCUT2D eigenvalue weighted by Gasteiger charge is 2.25. The molecule has 0 saturated heterocycles. The first-order chi connectivity index (χ1) is 14.8. The first kappa shape index (κ1) is 21.1. The highest BCUT2D eigenvalue weighted by Crippen LogP contribution is 2.37. The van der Waals surface area contributed by atoms with Crippen LogP contribution in [-0.2, 0) is 14.8 Å². The zero-order chi connectivity index (χ0) is 22.2. The van der Waals surface area contributed by atoms with Gasteiger partial charge in [-0.25, -0.2) is 13.4 Å². The van der Waals surface area contributed by atoms with Gasteiger partial charge in [0.2, 0.25) is 0 Å². The quantitative estimate of drug-likeness (QED) is 0.565. The van der Waals surface area contributed by atoms with Crippen molar-refractivity contribution in [1.29, 1.82) is 0 Å². The van der Waals surface area contributed by atoms with Gasteiger partial charge >= 0.3 is 0 Å². The van der Waals surface area contributed by atoms with Crippen molar-refractivity contribution in [2.75, 3.05) is 22.8 Å². The number of rotatable bonds is 6. The minimum Gasteiger partial charge on any atom is -0.482 e. The van der Waals surface area contributed by atoms with Crippen molar-refractivity contribution in [2.24, 2.45) is 0 Å². The fourth-order valence-corrected chi connectivity index (χ4v) is 5.26. The first-order valence-corrected chi connectivity index (χ1v) is 11.9. The fourth-order valence-electron chi connectivity index (χ4n) is 3.20. The second-order valence-electron chi connectivity index (χ2n) is 7.15. The molecule has 1 aromatic heterocycles. The van der Waals surface area contributed by atoms with Crippen LogP contribution >= 0.6 is 11.3 Å². The number of nitrogens with zero attached hydrogens (tertiary/aromatic N) is 2. The maximum atomic E-state index is 12.7. The van der Waals surface area contributed by atoms with Gasteiger partial charge in [-0.2, -0.15) is 0 Å². The molecular weight excluding hydrogens is 434 g/mol. The van der Waals surface area contributed by atoms with Crippen molar-refractivity contribution >= 4 is 38.1 Å². The van der Waals surface area contributed by atoms with Gasteiger partial charge in [-0.3, -0.25) is 9.52 Å². The lowest BCUT2D eigenvalue weighted by molar-refractivity contribution is -0.121. The number of anilines is 2. The summed E-state index contributed by atoms with van der Waals surface area (Å²) in [4.78, 5) is 18.4. The van der Waals surface area contributed by atoms with Crippen LogP contribution in [0.25, 0.3) is 11.3 Å². The van der Waals surface area contributed by atoms with E-state index in [-0.39, 0.29) is 22.5 Å². The number of aryl methyl sites for hydroxylation is 2. The SMILES string of the molecule is C=CCN1C(=O)COc2ccc(-c3csc(NS(=O)(=O)c4ccc(C)c(C)c4)n3)cc21. The van der Waals surface area contributed by atoms with Crippen molar-refractivity contribution in [3.63, 3.8) is 0 Å². The van der Waals surface area contributed by atoms with Crippen LogP contribution in [0.15, 0.2) is 59.3 Å². The molecule has 7 nitrogen and oxygen atoms in total. The van der Waals surface area contributed by atoms with Crippen LogP contribution < -0.4 is 14.4 Å². The number of hydrogen-bond acceptors (Lipinski definition) is 6. The second-order valence-corrected chi connectivity index (χ2v) is 9.69. The lowest BCUT2D eigenvalue weighted by Gasteiger charge is -2.28. The molecule has 9 heteroatoms. The topological polar surface area (TPSA) is 88.6 Å². The van der Waals surface area contributed by atoms with Crippen LogP contribution in [0.3, 0.4) is 0 Å². The third-order valence-corrected chi connectivity index (χ3v) is 7.25. The minimum absolute atomic E-state index is 0.0126. The van der Waals surface area contributed by atoms with Gasteiger partial charge in [-0.1, -0.05) is 12.1 Å². The Bertz CT molecular complexity index is 1280. The Morgan fingerprint density at radius 3 is 2.77 bits per heavy atom. The molecule has 1 N–H and O–H groups in total. The molecule has 0 fully saturated rings. The minimum atomic E-state index is -3.75. The summed E-state index contributed by atoms with van der Waals surface area (Å²) >= 11 is 1.19. The molecule has 0 unspecified atom stereocenters. The molecular formula is C22H21N3O4S2. The molecule has 31 heavy (non-hydrogen) atoms. The molecule has 2 aromatic carbocycles. The first-order valence-electron chi connectivity index (χ1n) is 9.52. The summed E-state index contributed by atoms with van der Waals surface area (Å²) in [7, 11) is -3.75. The van der Waals surface area contributed by atoms with Crippen LogP contribution in [0.4, 0.5) is 10.8 Å². The normalized spacial score (nSPS) is 13.5. The number of hydrogen-bond donors (Lipinski definition) is 1. The third kappa shape index (κ3) is 4.19. The lowest BCUT2D eigenvalue weighted by Crippen LogP contribution is -2.38. The van der Waals surface area contributed by atoms with E-state index in [0.29, 0.717) is 23.7 Å². The number of ether oxygens (including phenoxy) is 1. The van der Waals surface area contributed by atoms with Gasteiger partial charge in [-0.05, 0) is 55.3 Å². The van der Waals surface area contributed by atoms with Crippen molar-refractivity contribution in [3.8, 4) is 17.0 Å². The predicted molar refractivity (Wildman–Crippen MR) is 122 cm³/mol. The molecule has 0 atom stereocenters. The molecule has 1 aliphatic heterocycles. The van der Waals surface area contributed by atoms with Gasteiger partial charge in [-0.15, -0.1) is 17.9 Å². The summed E-state index contributed by atoms with van der Waals surface area (Å²) in [5.74, 6) is 0.459. The zero-order valence-electron chi connectivity index (χ0n) is 17.1. The van der Waals surface area contributed by atoms with Gasteiger partial charge < -0.3 is 9.64 Å². The monoisotopic (exact) mass is 455 g/mol. The molecule has 1 amide bonds. The van der Waals surface area contributed by atoms with E-state index in [0.717, 1.165) is 16.7 Å². The van der Waals surface area contributed by atoms with Crippen molar-refractivity contribution < 1.29 is 17.9 Å². The Balaban J connectivity index is 1.61. The van der Waals surface area contributed by atoms with E-state index >= 15 is 0 Å². The summed E-state index contributed by atoms with van der Waals surface area (Å²) in [6.07, 6.45) is 1.65. The predicted octanol–water partition coefficient (Wildman–Crippen LogP) is 4.14. The lowest BCUT2D eigenvalue weighted by atomic mass is 10.1. The Hall–Kier alpha value is -3.17. The van der Waals surface area contributed by atoms with Crippen LogP contribution in [-0.4, -0.2) is 32.5 Å². The number of nitrogens with one attached hydrogen (secondary N) is 1. The number of aromatic nitrogens is 1. The largest absolute Gasteiger partial charge is 0.482 e. The van der Waals surface area contributed by atoms with E-state index in [9.17, 15) is 13.2 Å².